The van der Waals surface area contributed by atoms with E-state index >= 15 is 0 Å². The summed E-state index contributed by atoms with van der Waals surface area (Å²) in [5.74, 6) is 1.89. The zero-order chi connectivity index (χ0) is 14.7. The highest BCUT2D eigenvalue weighted by Crippen LogP contribution is 2.30. The molecule has 2 aromatic rings. The number of anilines is 2. The number of nitrogens with one attached hydrogen (secondary N) is 1. The first-order valence-electron chi connectivity index (χ1n) is 6.36. The average molecular weight is 306 g/mol. The molecule has 1 aromatic carbocycles. The van der Waals surface area contributed by atoms with Crippen molar-refractivity contribution in [3.63, 3.8) is 0 Å². The van der Waals surface area contributed by atoms with Crippen molar-refractivity contribution in [2.75, 3.05) is 11.1 Å². The highest BCUT2D eigenvalue weighted by atomic mass is 32.2. The highest BCUT2D eigenvalue weighted by Gasteiger charge is 2.12. The lowest BCUT2D eigenvalue weighted by Gasteiger charge is -2.14. The zero-order valence-electron chi connectivity index (χ0n) is 11.8. The van der Waals surface area contributed by atoms with E-state index in [1.807, 2.05) is 38.2 Å². The van der Waals surface area contributed by atoms with Crippen LogP contribution < -0.4 is 11.1 Å². The third-order valence-electron chi connectivity index (χ3n) is 2.84. The quantitative estimate of drug-likeness (QED) is 0.656. The molecular formula is C14H18N4S2. The number of thioether (sulfide) groups is 1. The Morgan fingerprint density at radius 2 is 2.25 bits per heavy atom. The molecule has 20 heavy (non-hydrogen) atoms. The maximum absolute atomic E-state index is 5.90. The lowest BCUT2D eigenvalue weighted by Crippen LogP contribution is -2.14. The van der Waals surface area contributed by atoms with E-state index in [1.165, 1.54) is 0 Å². The van der Waals surface area contributed by atoms with Crippen LogP contribution in [0, 0.1) is 6.92 Å². The molecular weight excluding hydrogens is 288 g/mol. The molecule has 6 heteroatoms. The van der Waals surface area contributed by atoms with Crippen LogP contribution in [0.4, 0.5) is 11.5 Å². The topological polar surface area (TPSA) is 55.9 Å². The molecule has 0 aliphatic heterocycles. The molecule has 0 unspecified atom stereocenters. The Kier molecular flexibility index (Phi) is 4.67. The fraction of sp³-hybridized carbons (Fsp3) is 0.286. The SMILES string of the molecule is CCSc1cccc(Nc2cc(C)nn2C)c1C(N)=S. The van der Waals surface area contributed by atoms with Crippen molar-refractivity contribution in [2.24, 2.45) is 12.8 Å². The molecule has 3 N–H and O–H groups in total. The molecule has 0 saturated heterocycles. The summed E-state index contributed by atoms with van der Waals surface area (Å²) < 4.78 is 1.80. The van der Waals surface area contributed by atoms with Crippen LogP contribution >= 0.6 is 24.0 Å². The molecule has 0 saturated carbocycles. The van der Waals surface area contributed by atoms with Gasteiger partial charge in [0.25, 0.3) is 0 Å². The van der Waals surface area contributed by atoms with E-state index in [4.69, 9.17) is 18.0 Å². The lowest BCUT2D eigenvalue weighted by molar-refractivity contribution is 0.765. The molecule has 0 spiro atoms. The van der Waals surface area contributed by atoms with Gasteiger partial charge in [-0.05, 0) is 24.8 Å². The first-order valence-corrected chi connectivity index (χ1v) is 7.75. The Hall–Kier alpha value is -1.53. The molecule has 1 aromatic heterocycles. The summed E-state index contributed by atoms with van der Waals surface area (Å²) >= 11 is 6.94. The summed E-state index contributed by atoms with van der Waals surface area (Å²) in [6, 6.07) is 8.02. The fourth-order valence-corrected chi connectivity index (χ4v) is 3.17. The van der Waals surface area contributed by atoms with Gasteiger partial charge in [0.1, 0.15) is 10.8 Å². The number of thiocarbonyl (C=S) groups is 1. The molecule has 4 nitrogen and oxygen atoms in total. The molecule has 0 fully saturated rings. The predicted molar refractivity (Wildman–Crippen MR) is 90.0 cm³/mol. The van der Waals surface area contributed by atoms with Crippen molar-refractivity contribution in [1.82, 2.24) is 9.78 Å². The first kappa shape index (κ1) is 14.9. The van der Waals surface area contributed by atoms with Crippen LogP contribution in [0.2, 0.25) is 0 Å². The monoisotopic (exact) mass is 306 g/mol. The van der Waals surface area contributed by atoms with Gasteiger partial charge < -0.3 is 11.1 Å². The van der Waals surface area contributed by atoms with Crippen molar-refractivity contribution in [3.05, 3.63) is 35.5 Å². The smallest absolute Gasteiger partial charge is 0.128 e. The standard InChI is InChI=1S/C14H18N4S2/c1-4-20-11-7-5-6-10(13(11)14(15)19)16-12-8-9(2)17-18(12)3/h5-8,16H,4H2,1-3H3,(H2,15,19). The van der Waals surface area contributed by atoms with E-state index in [0.717, 1.165) is 33.4 Å². The number of aromatic nitrogens is 2. The van der Waals surface area contributed by atoms with Crippen molar-refractivity contribution in [1.29, 1.82) is 0 Å². The Labute approximate surface area is 128 Å². The minimum Gasteiger partial charge on any atom is -0.389 e. The van der Waals surface area contributed by atoms with Gasteiger partial charge in [-0.2, -0.15) is 5.10 Å². The fourth-order valence-electron chi connectivity index (χ4n) is 2.03. The third-order valence-corrected chi connectivity index (χ3v) is 3.98. The minimum atomic E-state index is 0.406. The Morgan fingerprint density at radius 1 is 1.50 bits per heavy atom. The first-order chi connectivity index (χ1) is 9.52. The average Bonchev–Trinajstić information content (AvgIpc) is 2.68. The van der Waals surface area contributed by atoms with Gasteiger partial charge in [0.15, 0.2) is 0 Å². The molecule has 106 valence electrons. The molecule has 0 radical (unpaired) electrons. The number of benzene rings is 1. The van der Waals surface area contributed by atoms with Gasteiger partial charge in [0.2, 0.25) is 0 Å². The van der Waals surface area contributed by atoms with Crippen molar-refractivity contribution in [3.8, 4) is 0 Å². The molecule has 1 heterocycles. The molecule has 0 atom stereocenters. The Morgan fingerprint density at radius 3 is 2.80 bits per heavy atom. The van der Waals surface area contributed by atoms with Crippen LogP contribution in [0.1, 0.15) is 18.2 Å². The number of nitrogens with two attached hydrogens (primary N) is 1. The van der Waals surface area contributed by atoms with E-state index in [2.05, 4.69) is 17.3 Å². The summed E-state index contributed by atoms with van der Waals surface area (Å²) in [5.41, 5.74) is 8.67. The second-order valence-corrected chi connectivity index (χ2v) is 6.14. The summed E-state index contributed by atoms with van der Waals surface area (Å²) in [7, 11) is 1.90. The molecule has 0 aliphatic carbocycles. The van der Waals surface area contributed by atoms with E-state index < -0.39 is 0 Å². The number of rotatable bonds is 5. The Balaban J connectivity index is 2.43. The van der Waals surface area contributed by atoms with E-state index in [9.17, 15) is 0 Å². The normalized spacial score (nSPS) is 10.6. The van der Waals surface area contributed by atoms with Crippen LogP contribution in [-0.2, 0) is 7.05 Å². The second kappa shape index (κ2) is 6.28. The molecule has 0 bridgehead atoms. The van der Waals surface area contributed by atoms with Gasteiger partial charge in [0.05, 0.1) is 11.4 Å². The van der Waals surface area contributed by atoms with Crippen molar-refractivity contribution >= 4 is 40.5 Å². The Bertz CT molecular complexity index is 634. The van der Waals surface area contributed by atoms with Gasteiger partial charge >= 0.3 is 0 Å². The van der Waals surface area contributed by atoms with Crippen molar-refractivity contribution < 1.29 is 0 Å². The third kappa shape index (κ3) is 3.13. The van der Waals surface area contributed by atoms with Crippen LogP contribution in [0.3, 0.4) is 0 Å². The summed E-state index contributed by atoms with van der Waals surface area (Å²) in [4.78, 5) is 1.51. The van der Waals surface area contributed by atoms with Gasteiger partial charge in [-0.15, -0.1) is 11.8 Å². The number of hydrogen-bond acceptors (Lipinski definition) is 4. The van der Waals surface area contributed by atoms with Crippen LogP contribution in [0.15, 0.2) is 29.2 Å². The largest absolute Gasteiger partial charge is 0.389 e. The van der Waals surface area contributed by atoms with Gasteiger partial charge in [-0.1, -0.05) is 25.2 Å². The number of nitrogens with zero attached hydrogens (tertiary/aromatic N) is 2. The number of aryl methyl sites for hydroxylation is 2. The summed E-state index contributed by atoms with van der Waals surface area (Å²) in [6.45, 7) is 4.07. The maximum atomic E-state index is 5.90. The maximum Gasteiger partial charge on any atom is 0.128 e. The van der Waals surface area contributed by atoms with Crippen LogP contribution in [-0.4, -0.2) is 20.5 Å². The molecule has 0 aliphatic rings. The van der Waals surface area contributed by atoms with Crippen LogP contribution in [0.25, 0.3) is 0 Å². The lowest BCUT2D eigenvalue weighted by atomic mass is 10.1. The summed E-state index contributed by atoms with van der Waals surface area (Å²) in [5, 5.41) is 7.69. The molecule has 0 amide bonds. The zero-order valence-corrected chi connectivity index (χ0v) is 13.4. The van der Waals surface area contributed by atoms with E-state index in [1.54, 1.807) is 16.4 Å². The van der Waals surface area contributed by atoms with Gasteiger partial charge in [-0.3, -0.25) is 4.68 Å². The second-order valence-electron chi connectivity index (χ2n) is 4.40. The molecule has 2 rings (SSSR count). The van der Waals surface area contributed by atoms with Gasteiger partial charge in [0, 0.05) is 23.6 Å². The van der Waals surface area contributed by atoms with E-state index in [-0.39, 0.29) is 0 Å². The van der Waals surface area contributed by atoms with Crippen molar-refractivity contribution in [2.45, 2.75) is 18.7 Å². The van der Waals surface area contributed by atoms with Gasteiger partial charge in [-0.25, -0.2) is 0 Å². The predicted octanol–water partition coefficient (Wildman–Crippen LogP) is 3.22. The highest BCUT2D eigenvalue weighted by molar-refractivity contribution is 7.99. The van der Waals surface area contributed by atoms with E-state index in [0.29, 0.717) is 4.99 Å². The van der Waals surface area contributed by atoms with Crippen LogP contribution in [0.5, 0.6) is 0 Å². The minimum absolute atomic E-state index is 0.406. The number of hydrogen-bond donors (Lipinski definition) is 2. The summed E-state index contributed by atoms with van der Waals surface area (Å²) in [6.07, 6.45) is 0.